The summed E-state index contributed by atoms with van der Waals surface area (Å²) in [6.07, 6.45) is 0.415. The fourth-order valence-electron chi connectivity index (χ4n) is 1.24. The molecule has 2 N–H and O–H groups in total. The van der Waals surface area contributed by atoms with Crippen LogP contribution in [-0.4, -0.2) is 11.5 Å². The van der Waals surface area contributed by atoms with Crippen LogP contribution in [0.25, 0.3) is 5.57 Å². The van der Waals surface area contributed by atoms with Gasteiger partial charge in [-0.25, -0.2) is 0 Å². The second-order valence-electron chi connectivity index (χ2n) is 3.04. The van der Waals surface area contributed by atoms with Crippen LogP contribution in [0.1, 0.15) is 12.0 Å². The minimum absolute atomic E-state index is 0.162. The molecule has 1 aromatic rings. The summed E-state index contributed by atoms with van der Waals surface area (Å²) in [7, 11) is 0. The van der Waals surface area contributed by atoms with E-state index in [9.17, 15) is 14.5 Å². The molecule has 0 saturated heterocycles. The number of benzene rings is 1. The maximum atomic E-state index is 13.6. The van der Waals surface area contributed by atoms with Gasteiger partial charge in [-0.1, -0.05) is 18.7 Å². The molecule has 1 aromatic carbocycles. The van der Waals surface area contributed by atoms with Crippen LogP contribution in [0.5, 0.6) is 0 Å². The molecule has 0 aliphatic rings. The fourth-order valence-corrected chi connectivity index (χ4v) is 1.24. The van der Waals surface area contributed by atoms with Crippen LogP contribution in [0, 0.1) is 15.9 Å². The predicted octanol–water partition coefficient (Wildman–Crippen LogP) is 2.10. The minimum atomic E-state index is -0.846. The topological polar surface area (TPSA) is 69.2 Å². The Morgan fingerprint density at radius 2 is 2.27 bits per heavy atom. The second-order valence-corrected chi connectivity index (χ2v) is 3.04. The van der Waals surface area contributed by atoms with Gasteiger partial charge in [-0.05, 0) is 18.5 Å². The lowest BCUT2D eigenvalue weighted by Gasteiger charge is -2.05. The number of nitrogens with two attached hydrogens (primary N) is 1. The summed E-state index contributed by atoms with van der Waals surface area (Å²) in [6.45, 7) is 3.97. The first-order chi connectivity index (χ1) is 7.07. The van der Waals surface area contributed by atoms with Crippen LogP contribution in [0.2, 0.25) is 0 Å². The number of nitro groups is 1. The molecule has 0 spiro atoms. The van der Waals surface area contributed by atoms with Gasteiger partial charge in [-0.3, -0.25) is 10.1 Å². The summed E-state index contributed by atoms with van der Waals surface area (Å²) in [5, 5.41) is 10.5. The highest BCUT2D eigenvalue weighted by Gasteiger charge is 2.18. The summed E-state index contributed by atoms with van der Waals surface area (Å²) >= 11 is 0. The molecule has 0 fully saturated rings. The van der Waals surface area contributed by atoms with Gasteiger partial charge in [-0.15, -0.1) is 0 Å². The molecule has 0 aromatic heterocycles. The summed E-state index contributed by atoms with van der Waals surface area (Å²) in [5.41, 5.74) is 5.39. The van der Waals surface area contributed by atoms with Crippen LogP contribution in [0.3, 0.4) is 0 Å². The Bertz CT molecular complexity index is 404. The van der Waals surface area contributed by atoms with Crippen molar-refractivity contribution in [1.29, 1.82) is 0 Å². The monoisotopic (exact) mass is 210 g/mol. The van der Waals surface area contributed by atoms with Gasteiger partial charge in [-0.2, -0.15) is 4.39 Å². The number of nitrogens with zero attached hydrogens (tertiary/aromatic N) is 1. The number of halogens is 1. The van der Waals surface area contributed by atoms with Crippen molar-refractivity contribution in [2.45, 2.75) is 6.42 Å². The van der Waals surface area contributed by atoms with E-state index in [2.05, 4.69) is 6.58 Å². The van der Waals surface area contributed by atoms with Crippen molar-refractivity contribution in [1.82, 2.24) is 0 Å². The number of nitro benzene ring substituents is 1. The third-order valence-corrected chi connectivity index (χ3v) is 2.00. The van der Waals surface area contributed by atoms with Crippen molar-refractivity contribution in [2.24, 2.45) is 5.73 Å². The maximum Gasteiger partial charge on any atom is 0.305 e. The van der Waals surface area contributed by atoms with E-state index in [1.165, 1.54) is 12.1 Å². The minimum Gasteiger partial charge on any atom is -0.330 e. The number of hydrogen-bond donors (Lipinski definition) is 1. The van der Waals surface area contributed by atoms with E-state index in [0.717, 1.165) is 6.07 Å². The lowest BCUT2D eigenvalue weighted by atomic mass is 10.0. The molecule has 0 heterocycles. The van der Waals surface area contributed by atoms with E-state index in [-0.39, 0.29) is 5.56 Å². The van der Waals surface area contributed by atoms with Crippen LogP contribution in [0.15, 0.2) is 24.8 Å². The molecule has 80 valence electrons. The van der Waals surface area contributed by atoms with Gasteiger partial charge in [0.05, 0.1) is 4.92 Å². The van der Waals surface area contributed by atoms with Crippen molar-refractivity contribution in [2.75, 3.05) is 6.54 Å². The van der Waals surface area contributed by atoms with Gasteiger partial charge in [0, 0.05) is 11.6 Å². The normalized spacial score (nSPS) is 10.0. The van der Waals surface area contributed by atoms with Gasteiger partial charge in [0.25, 0.3) is 0 Å². The molecule has 0 unspecified atom stereocenters. The highest BCUT2D eigenvalue weighted by molar-refractivity contribution is 5.66. The Hall–Kier alpha value is -1.75. The van der Waals surface area contributed by atoms with E-state index in [0.29, 0.717) is 18.5 Å². The number of hydrogen-bond acceptors (Lipinski definition) is 3. The molecule has 0 atom stereocenters. The van der Waals surface area contributed by atoms with Crippen molar-refractivity contribution >= 4 is 11.3 Å². The van der Waals surface area contributed by atoms with Gasteiger partial charge in [0.2, 0.25) is 5.82 Å². The number of rotatable bonds is 4. The Morgan fingerprint density at radius 3 is 2.80 bits per heavy atom. The standard InChI is InChI=1S/C10H11FN2O2/c1-7(5-6-12)8-3-2-4-9(10(8)11)13(14)15/h2-4H,1,5-6,12H2. The highest BCUT2D eigenvalue weighted by Crippen LogP contribution is 2.26. The van der Waals surface area contributed by atoms with E-state index in [1.807, 2.05) is 0 Å². The van der Waals surface area contributed by atoms with Gasteiger partial charge in [0.1, 0.15) is 0 Å². The van der Waals surface area contributed by atoms with Crippen LogP contribution < -0.4 is 5.73 Å². The maximum absolute atomic E-state index is 13.6. The quantitative estimate of drug-likeness (QED) is 0.611. The summed E-state index contributed by atoms with van der Waals surface area (Å²) < 4.78 is 13.6. The molecule has 0 radical (unpaired) electrons. The molecule has 0 aliphatic carbocycles. The smallest absolute Gasteiger partial charge is 0.305 e. The van der Waals surface area contributed by atoms with E-state index in [1.54, 1.807) is 0 Å². The Kier molecular flexibility index (Phi) is 3.51. The zero-order chi connectivity index (χ0) is 11.4. The van der Waals surface area contributed by atoms with Crippen molar-refractivity contribution in [3.05, 3.63) is 46.3 Å². The largest absolute Gasteiger partial charge is 0.330 e. The van der Waals surface area contributed by atoms with Crippen molar-refractivity contribution < 1.29 is 9.31 Å². The molecule has 0 bridgehead atoms. The molecule has 0 saturated carbocycles. The van der Waals surface area contributed by atoms with E-state index >= 15 is 0 Å². The average Bonchev–Trinajstić information content (AvgIpc) is 2.17. The highest BCUT2D eigenvalue weighted by atomic mass is 19.1. The molecule has 15 heavy (non-hydrogen) atoms. The van der Waals surface area contributed by atoms with Crippen LogP contribution >= 0.6 is 0 Å². The lowest BCUT2D eigenvalue weighted by Crippen LogP contribution is -2.02. The summed E-state index contributed by atoms with van der Waals surface area (Å²) in [4.78, 5) is 9.71. The van der Waals surface area contributed by atoms with Crippen molar-refractivity contribution in [3.8, 4) is 0 Å². The molecular formula is C10H11FN2O2. The summed E-state index contributed by atoms with van der Waals surface area (Å²) in [5.74, 6) is -0.846. The molecule has 0 aliphatic heterocycles. The first-order valence-electron chi connectivity index (χ1n) is 4.39. The Morgan fingerprint density at radius 1 is 1.60 bits per heavy atom. The molecular weight excluding hydrogens is 199 g/mol. The van der Waals surface area contributed by atoms with E-state index < -0.39 is 16.4 Å². The summed E-state index contributed by atoms with van der Waals surface area (Å²) in [6, 6.07) is 4.01. The van der Waals surface area contributed by atoms with Gasteiger partial charge in [0.15, 0.2) is 0 Å². The van der Waals surface area contributed by atoms with Crippen LogP contribution in [-0.2, 0) is 0 Å². The SMILES string of the molecule is C=C(CCN)c1cccc([N+](=O)[O-])c1F. The molecule has 0 amide bonds. The molecule has 5 heteroatoms. The second kappa shape index (κ2) is 4.65. The Balaban J connectivity index is 3.15. The first-order valence-corrected chi connectivity index (χ1v) is 4.39. The molecule has 1 rings (SSSR count). The van der Waals surface area contributed by atoms with Crippen molar-refractivity contribution in [3.63, 3.8) is 0 Å². The zero-order valence-corrected chi connectivity index (χ0v) is 8.07. The Labute approximate surface area is 86.4 Å². The van der Waals surface area contributed by atoms with Gasteiger partial charge < -0.3 is 5.73 Å². The average molecular weight is 210 g/mol. The first kappa shape index (κ1) is 11.3. The van der Waals surface area contributed by atoms with Crippen LogP contribution in [0.4, 0.5) is 10.1 Å². The zero-order valence-electron chi connectivity index (χ0n) is 8.07. The predicted molar refractivity (Wildman–Crippen MR) is 55.8 cm³/mol. The molecule has 4 nitrogen and oxygen atoms in total. The third-order valence-electron chi connectivity index (χ3n) is 2.00. The van der Waals surface area contributed by atoms with Gasteiger partial charge >= 0.3 is 5.69 Å². The van der Waals surface area contributed by atoms with E-state index in [4.69, 9.17) is 5.73 Å². The lowest BCUT2D eigenvalue weighted by molar-refractivity contribution is -0.387. The fraction of sp³-hybridized carbons (Fsp3) is 0.200. The third kappa shape index (κ3) is 2.38.